The van der Waals surface area contributed by atoms with E-state index in [-0.39, 0.29) is 22.2 Å². The summed E-state index contributed by atoms with van der Waals surface area (Å²) in [5.74, 6) is -1.46. The van der Waals surface area contributed by atoms with Gasteiger partial charge in [0.1, 0.15) is 0 Å². The van der Waals surface area contributed by atoms with E-state index >= 15 is 0 Å². The molecule has 21 heavy (non-hydrogen) atoms. The molecule has 0 aliphatic rings. The molecule has 1 amide bonds. The van der Waals surface area contributed by atoms with E-state index in [0.29, 0.717) is 10.0 Å². The van der Waals surface area contributed by atoms with Gasteiger partial charge >= 0.3 is 5.97 Å². The smallest absolute Gasteiger partial charge is 0.335 e. The molecule has 108 valence electrons. The quantitative estimate of drug-likeness (QED) is 0.629. The van der Waals surface area contributed by atoms with E-state index in [4.69, 9.17) is 16.7 Å². The Kier molecular flexibility index (Phi) is 5.23. The van der Waals surface area contributed by atoms with Crippen molar-refractivity contribution in [1.29, 1.82) is 0 Å². The summed E-state index contributed by atoms with van der Waals surface area (Å²) in [5.41, 5.74) is 0.752. The number of carboxylic acids is 1. The van der Waals surface area contributed by atoms with Gasteiger partial charge in [-0.2, -0.15) is 0 Å². The molecule has 0 saturated carbocycles. The molecule has 0 spiro atoms. The molecule has 0 atom stereocenters. The van der Waals surface area contributed by atoms with Gasteiger partial charge in [-0.15, -0.1) is 0 Å². The molecule has 0 heterocycles. The molecule has 0 aliphatic carbocycles. The van der Waals surface area contributed by atoms with Gasteiger partial charge in [-0.3, -0.25) is 4.79 Å². The predicted molar refractivity (Wildman–Crippen MR) is 93.2 cm³/mol. The number of halogens is 3. The van der Waals surface area contributed by atoms with Gasteiger partial charge in [-0.05, 0) is 74.9 Å². The fourth-order valence-corrected chi connectivity index (χ4v) is 2.70. The zero-order chi connectivity index (χ0) is 15.6. The summed E-state index contributed by atoms with van der Waals surface area (Å²) in [4.78, 5) is 23.2. The lowest BCUT2D eigenvalue weighted by atomic mass is 10.1. The fraction of sp³-hybridized carbons (Fsp3) is 0. The van der Waals surface area contributed by atoms with E-state index in [1.165, 1.54) is 18.2 Å². The number of nitrogens with one attached hydrogen (secondary N) is 1. The van der Waals surface area contributed by atoms with E-state index < -0.39 is 5.97 Å². The highest BCUT2D eigenvalue weighted by atomic mass is 127. The first-order chi connectivity index (χ1) is 9.88. The van der Waals surface area contributed by atoms with Gasteiger partial charge in [0.15, 0.2) is 0 Å². The van der Waals surface area contributed by atoms with Gasteiger partial charge in [0.05, 0.1) is 21.8 Å². The summed E-state index contributed by atoms with van der Waals surface area (Å²) >= 11 is 11.4. The average molecular weight is 480 g/mol. The third kappa shape index (κ3) is 3.96. The van der Waals surface area contributed by atoms with Crippen LogP contribution in [0.25, 0.3) is 0 Å². The van der Waals surface area contributed by atoms with Crippen molar-refractivity contribution in [2.45, 2.75) is 0 Å². The monoisotopic (exact) mass is 479 g/mol. The second-order valence-electron chi connectivity index (χ2n) is 4.08. The van der Waals surface area contributed by atoms with Crippen LogP contribution in [0.15, 0.2) is 40.9 Å². The van der Waals surface area contributed by atoms with E-state index in [1.54, 1.807) is 12.1 Å². The first-order valence-electron chi connectivity index (χ1n) is 5.67. The van der Waals surface area contributed by atoms with Crippen LogP contribution in [-0.2, 0) is 0 Å². The summed E-state index contributed by atoms with van der Waals surface area (Å²) in [6.45, 7) is 0. The number of hydrogen-bond acceptors (Lipinski definition) is 2. The fourth-order valence-electron chi connectivity index (χ4n) is 1.62. The Balaban J connectivity index is 2.33. The molecule has 0 unspecified atom stereocenters. The van der Waals surface area contributed by atoms with Crippen LogP contribution in [-0.4, -0.2) is 17.0 Å². The Hall–Kier alpha value is -1.12. The third-order valence-corrected chi connectivity index (χ3v) is 4.33. The van der Waals surface area contributed by atoms with Crippen LogP contribution < -0.4 is 5.32 Å². The molecule has 2 rings (SSSR count). The van der Waals surface area contributed by atoms with Gasteiger partial charge < -0.3 is 10.4 Å². The van der Waals surface area contributed by atoms with Gasteiger partial charge in [0, 0.05) is 8.04 Å². The Morgan fingerprint density at radius 1 is 1.19 bits per heavy atom. The van der Waals surface area contributed by atoms with Crippen LogP contribution in [0.5, 0.6) is 0 Å². The van der Waals surface area contributed by atoms with E-state index in [0.717, 1.165) is 3.57 Å². The molecule has 4 nitrogen and oxygen atoms in total. The molecule has 2 N–H and O–H groups in total. The maximum Gasteiger partial charge on any atom is 0.335 e. The second kappa shape index (κ2) is 6.76. The normalized spacial score (nSPS) is 10.2. The molecule has 0 fully saturated rings. The minimum Gasteiger partial charge on any atom is -0.478 e. The molecule has 0 saturated heterocycles. The first kappa shape index (κ1) is 16.3. The zero-order valence-electron chi connectivity index (χ0n) is 10.4. The molecule has 7 heteroatoms. The topological polar surface area (TPSA) is 66.4 Å². The number of aromatic carboxylic acids is 1. The van der Waals surface area contributed by atoms with Crippen molar-refractivity contribution in [2.75, 3.05) is 5.32 Å². The average Bonchev–Trinajstić information content (AvgIpc) is 2.43. The van der Waals surface area contributed by atoms with Crippen LogP contribution in [0.1, 0.15) is 20.7 Å². The number of carbonyl (C=O) groups excluding carboxylic acids is 1. The largest absolute Gasteiger partial charge is 0.478 e. The molecule has 0 radical (unpaired) electrons. The van der Waals surface area contributed by atoms with E-state index in [1.807, 2.05) is 6.07 Å². The zero-order valence-corrected chi connectivity index (χ0v) is 14.9. The molecule has 0 aromatic heterocycles. The van der Waals surface area contributed by atoms with Crippen molar-refractivity contribution in [3.8, 4) is 0 Å². The second-order valence-corrected chi connectivity index (χ2v) is 6.59. The van der Waals surface area contributed by atoms with Crippen LogP contribution in [0.4, 0.5) is 5.69 Å². The minimum atomic E-state index is -1.09. The number of hydrogen-bond donors (Lipinski definition) is 2. The maximum atomic E-state index is 12.3. The molecule has 0 bridgehead atoms. The highest BCUT2D eigenvalue weighted by Gasteiger charge is 2.14. The molecule has 2 aromatic rings. The lowest BCUT2D eigenvalue weighted by Gasteiger charge is -2.10. The van der Waals surface area contributed by atoms with Crippen LogP contribution in [0, 0.1) is 3.57 Å². The first-order valence-corrected chi connectivity index (χ1v) is 7.92. The van der Waals surface area contributed by atoms with Crippen LogP contribution in [0.3, 0.4) is 0 Å². The van der Waals surface area contributed by atoms with Crippen LogP contribution in [0.2, 0.25) is 5.02 Å². The molecular formula is C14H8BrClINO3. The lowest BCUT2D eigenvalue weighted by Crippen LogP contribution is -2.13. The van der Waals surface area contributed by atoms with Crippen LogP contribution >= 0.6 is 50.1 Å². The predicted octanol–water partition coefficient (Wildman–Crippen LogP) is 4.66. The van der Waals surface area contributed by atoms with Gasteiger partial charge in [-0.1, -0.05) is 11.6 Å². The van der Waals surface area contributed by atoms with E-state index in [2.05, 4.69) is 43.8 Å². The summed E-state index contributed by atoms with van der Waals surface area (Å²) in [5, 5.41) is 11.9. The van der Waals surface area contributed by atoms with Crippen molar-refractivity contribution in [3.05, 3.63) is 60.6 Å². The molecular weight excluding hydrogens is 472 g/mol. The van der Waals surface area contributed by atoms with Crippen molar-refractivity contribution in [3.63, 3.8) is 0 Å². The van der Waals surface area contributed by atoms with Gasteiger partial charge in [0.25, 0.3) is 5.91 Å². The van der Waals surface area contributed by atoms with Gasteiger partial charge in [-0.25, -0.2) is 4.79 Å². The van der Waals surface area contributed by atoms with E-state index in [9.17, 15) is 9.59 Å². The highest BCUT2D eigenvalue weighted by molar-refractivity contribution is 14.1. The Bertz CT molecular complexity index is 736. The maximum absolute atomic E-state index is 12.3. The number of benzene rings is 2. The summed E-state index contributed by atoms with van der Waals surface area (Å²) in [7, 11) is 0. The lowest BCUT2D eigenvalue weighted by molar-refractivity contribution is 0.0696. The Morgan fingerprint density at radius 3 is 2.57 bits per heavy atom. The number of rotatable bonds is 3. The van der Waals surface area contributed by atoms with Crippen molar-refractivity contribution in [2.24, 2.45) is 0 Å². The third-order valence-electron chi connectivity index (χ3n) is 2.63. The van der Waals surface area contributed by atoms with Crippen molar-refractivity contribution in [1.82, 2.24) is 0 Å². The molecule has 2 aromatic carbocycles. The summed E-state index contributed by atoms with van der Waals surface area (Å²) < 4.78 is 1.55. The number of amides is 1. The SMILES string of the molecule is O=C(O)c1ccc(Cl)c(NC(=O)c2cc(I)ccc2Br)c1. The van der Waals surface area contributed by atoms with Crippen molar-refractivity contribution < 1.29 is 14.7 Å². The molecule has 0 aliphatic heterocycles. The summed E-state index contributed by atoms with van der Waals surface area (Å²) in [6, 6.07) is 9.48. The summed E-state index contributed by atoms with van der Waals surface area (Å²) in [6.07, 6.45) is 0. The Morgan fingerprint density at radius 2 is 1.90 bits per heavy atom. The minimum absolute atomic E-state index is 0.0522. The number of carboxylic acid groups (broad SMARTS) is 1. The number of carbonyl (C=O) groups is 2. The van der Waals surface area contributed by atoms with Gasteiger partial charge in [0.2, 0.25) is 0 Å². The number of anilines is 1. The van der Waals surface area contributed by atoms with Crippen molar-refractivity contribution >= 4 is 67.7 Å². The standard InChI is InChI=1S/C14H8BrClINO3/c15-10-3-2-8(17)6-9(10)13(19)18-12-5-7(14(20)21)1-4-11(12)16/h1-6H,(H,18,19)(H,20,21). The Labute approximate surface area is 147 Å². The highest BCUT2D eigenvalue weighted by Crippen LogP contribution is 2.26.